The number of halogens is 1. The van der Waals surface area contributed by atoms with Crippen LogP contribution in [0, 0.1) is 0 Å². The minimum Gasteiger partial charge on any atom is -0.546 e. The molecule has 2 amide bonds. The Kier molecular flexibility index (Phi) is 6.02. The van der Waals surface area contributed by atoms with Crippen LogP contribution in [0.4, 0.5) is 0 Å². The smallest absolute Gasteiger partial charge is 0.230 e. The van der Waals surface area contributed by atoms with Gasteiger partial charge in [0.2, 0.25) is 11.8 Å². The third-order valence-electron chi connectivity index (χ3n) is 6.01. The average molecular weight is 534 g/mol. The van der Waals surface area contributed by atoms with Crippen molar-refractivity contribution in [3.05, 3.63) is 45.4 Å². The van der Waals surface area contributed by atoms with Gasteiger partial charge >= 0.3 is 0 Å². The summed E-state index contributed by atoms with van der Waals surface area (Å²) >= 11 is 8.13. The maximum atomic E-state index is 12.2. The number of hydrogen-bond donors (Lipinski definition) is 0. The summed E-state index contributed by atoms with van der Waals surface area (Å²) in [7, 11) is -3.21. The molecule has 182 valence electrons. The third-order valence-corrected chi connectivity index (χ3v) is 9.28. The van der Waals surface area contributed by atoms with Crippen molar-refractivity contribution >= 4 is 60.8 Å². The molecule has 2 aromatic heterocycles. The Hall–Kier alpha value is -3.02. The number of aromatic nitrogens is 1. The van der Waals surface area contributed by atoms with Gasteiger partial charge in [0.1, 0.15) is 17.2 Å². The molecule has 0 aliphatic carbocycles. The van der Waals surface area contributed by atoms with Crippen molar-refractivity contribution in [3.8, 4) is 16.9 Å². The van der Waals surface area contributed by atoms with Crippen LogP contribution in [0.5, 0.6) is 5.75 Å². The van der Waals surface area contributed by atoms with Crippen LogP contribution in [0.3, 0.4) is 0 Å². The summed E-state index contributed by atoms with van der Waals surface area (Å²) in [5, 5.41) is 11.7. The predicted octanol–water partition coefficient (Wildman–Crippen LogP) is 1.87. The van der Waals surface area contributed by atoms with Gasteiger partial charge in [-0.2, -0.15) is 0 Å². The first kappa shape index (κ1) is 23.7. The van der Waals surface area contributed by atoms with Crippen molar-refractivity contribution in [1.82, 2.24) is 9.88 Å². The zero-order valence-corrected chi connectivity index (χ0v) is 20.6. The fourth-order valence-electron chi connectivity index (χ4n) is 4.36. The van der Waals surface area contributed by atoms with Crippen LogP contribution in [-0.2, 0) is 42.9 Å². The number of hydrogen-bond acceptors (Lipinski definition) is 9. The number of pyridine rings is 1. The summed E-state index contributed by atoms with van der Waals surface area (Å²) in [5.41, 5.74) is 2.52. The number of carboxylic acid groups (broad SMARTS) is 1. The minimum atomic E-state index is -3.21. The number of aliphatic carboxylic acids is 1. The number of aryl methyl sites for hydroxylation is 1. The molecule has 0 N–H and O–H groups in total. The van der Waals surface area contributed by atoms with Crippen LogP contribution in [0.15, 0.2) is 24.3 Å². The van der Waals surface area contributed by atoms with E-state index in [1.54, 1.807) is 24.3 Å². The van der Waals surface area contributed by atoms with Crippen LogP contribution in [0.2, 0.25) is 5.02 Å². The van der Waals surface area contributed by atoms with E-state index in [2.05, 4.69) is 4.98 Å². The molecule has 5 rings (SSSR count). The van der Waals surface area contributed by atoms with E-state index in [1.807, 2.05) is 0 Å². The maximum Gasteiger partial charge on any atom is 0.230 e. The lowest BCUT2D eigenvalue weighted by Crippen LogP contribution is -2.29. The molecule has 1 fully saturated rings. The van der Waals surface area contributed by atoms with Gasteiger partial charge in [0.15, 0.2) is 9.84 Å². The van der Waals surface area contributed by atoms with E-state index >= 15 is 0 Å². The lowest BCUT2D eigenvalue weighted by Gasteiger charge is -2.18. The number of fused-ring (bicyclic) bond motifs is 3. The van der Waals surface area contributed by atoms with Crippen molar-refractivity contribution in [3.63, 3.8) is 0 Å². The quantitative estimate of drug-likeness (QED) is 0.438. The molecule has 1 aromatic carbocycles. The number of amides is 2. The van der Waals surface area contributed by atoms with Gasteiger partial charge in [-0.25, -0.2) is 13.4 Å². The highest BCUT2D eigenvalue weighted by Gasteiger charge is 2.32. The van der Waals surface area contributed by atoms with E-state index in [1.165, 1.54) is 11.3 Å². The van der Waals surface area contributed by atoms with Crippen molar-refractivity contribution in [2.75, 3.05) is 12.4 Å². The maximum absolute atomic E-state index is 12.2. The first-order chi connectivity index (χ1) is 16.6. The molecule has 2 aliphatic rings. The highest BCUT2D eigenvalue weighted by atomic mass is 35.5. The topological polar surface area (TPSA) is 134 Å². The van der Waals surface area contributed by atoms with Gasteiger partial charge in [-0.05, 0) is 29.7 Å². The second kappa shape index (κ2) is 8.89. The number of sulfone groups is 1. The zero-order chi connectivity index (χ0) is 24.9. The largest absolute Gasteiger partial charge is 0.546 e. The van der Waals surface area contributed by atoms with Gasteiger partial charge in [-0.15, -0.1) is 11.3 Å². The molecule has 0 spiro atoms. The standard InChI is InChI=1S/C23H19ClN2O7S2/c24-22-15(9-26-17(27)5-6-18(26)28)25-23-21(14-7-8-35(31,32)11-16(14)34-23)20(22)12-1-3-13(4-2-12)33-10-19(29)30/h1-4H,5-11H2,(H,29,30)/p-1. The molecule has 12 heteroatoms. The number of carboxylic acids is 1. The van der Waals surface area contributed by atoms with Crippen molar-refractivity contribution in [1.29, 1.82) is 0 Å². The highest BCUT2D eigenvalue weighted by molar-refractivity contribution is 7.90. The molecule has 9 nitrogen and oxygen atoms in total. The predicted molar refractivity (Wildman–Crippen MR) is 127 cm³/mol. The second-order valence-electron chi connectivity index (χ2n) is 8.33. The van der Waals surface area contributed by atoms with Gasteiger partial charge in [0.05, 0.1) is 34.7 Å². The van der Waals surface area contributed by atoms with E-state index in [4.69, 9.17) is 16.3 Å². The monoisotopic (exact) mass is 533 g/mol. The van der Waals surface area contributed by atoms with Crippen molar-refractivity contribution in [2.45, 2.75) is 31.6 Å². The third kappa shape index (κ3) is 4.51. The van der Waals surface area contributed by atoms with E-state index in [9.17, 15) is 27.9 Å². The first-order valence-electron chi connectivity index (χ1n) is 10.7. The van der Waals surface area contributed by atoms with Gasteiger partial charge < -0.3 is 14.6 Å². The highest BCUT2D eigenvalue weighted by Crippen LogP contribution is 2.45. The van der Waals surface area contributed by atoms with Gasteiger partial charge in [0, 0.05) is 28.7 Å². The molecule has 0 bridgehead atoms. The lowest BCUT2D eigenvalue weighted by atomic mass is 9.97. The van der Waals surface area contributed by atoms with Gasteiger partial charge in [-0.3, -0.25) is 14.5 Å². The molecule has 0 atom stereocenters. The molecule has 0 unspecified atom stereocenters. The van der Waals surface area contributed by atoms with Crippen LogP contribution in [0.1, 0.15) is 29.0 Å². The zero-order valence-electron chi connectivity index (χ0n) is 18.2. The molecule has 1 saturated heterocycles. The van der Waals surface area contributed by atoms with Crippen LogP contribution >= 0.6 is 22.9 Å². The molecule has 0 radical (unpaired) electrons. The van der Waals surface area contributed by atoms with Gasteiger partial charge in [0.25, 0.3) is 0 Å². The Morgan fingerprint density at radius 2 is 1.83 bits per heavy atom. The number of imide groups is 1. The molecule has 35 heavy (non-hydrogen) atoms. The number of benzene rings is 1. The van der Waals surface area contributed by atoms with Crippen LogP contribution < -0.4 is 9.84 Å². The molecular weight excluding hydrogens is 516 g/mol. The number of carbonyl (C=O) groups is 3. The number of nitrogens with zero attached hydrogens (tertiary/aromatic N) is 2. The molecule has 2 aliphatic heterocycles. The fourth-order valence-corrected chi connectivity index (χ4v) is 7.71. The number of ether oxygens (including phenoxy) is 1. The summed E-state index contributed by atoms with van der Waals surface area (Å²) in [5.74, 6) is -1.65. The van der Waals surface area contributed by atoms with E-state index in [0.29, 0.717) is 38.7 Å². The summed E-state index contributed by atoms with van der Waals surface area (Å²) < 4.78 is 29.7. The Morgan fingerprint density at radius 1 is 1.14 bits per heavy atom. The lowest BCUT2D eigenvalue weighted by molar-refractivity contribution is -0.307. The molecule has 4 heterocycles. The Morgan fingerprint density at radius 3 is 2.49 bits per heavy atom. The molecule has 3 aromatic rings. The van der Waals surface area contributed by atoms with Crippen LogP contribution in [0.25, 0.3) is 21.3 Å². The number of rotatable bonds is 6. The Balaban J connectivity index is 1.65. The Labute approximate surface area is 209 Å². The van der Waals surface area contributed by atoms with E-state index in [-0.39, 0.29) is 47.7 Å². The summed E-state index contributed by atoms with van der Waals surface area (Å²) in [6.07, 6.45) is 0.617. The first-order valence-corrected chi connectivity index (χ1v) is 13.7. The molecule has 0 saturated carbocycles. The number of thiophene rings is 1. The number of likely N-dealkylation sites (tertiary alicyclic amines) is 1. The summed E-state index contributed by atoms with van der Waals surface area (Å²) in [4.78, 5) is 42.2. The van der Waals surface area contributed by atoms with Crippen molar-refractivity contribution in [2.24, 2.45) is 0 Å². The van der Waals surface area contributed by atoms with E-state index in [0.717, 1.165) is 15.8 Å². The van der Waals surface area contributed by atoms with E-state index < -0.39 is 22.4 Å². The van der Waals surface area contributed by atoms with Crippen LogP contribution in [-0.4, -0.2) is 48.4 Å². The molecular formula is C23H18ClN2O7S2-. The normalized spacial score (nSPS) is 17.1. The Bertz CT molecular complexity index is 1480. The van der Waals surface area contributed by atoms with Gasteiger partial charge in [-0.1, -0.05) is 23.7 Å². The number of carbonyl (C=O) groups excluding carboxylic acids is 3. The summed E-state index contributed by atoms with van der Waals surface area (Å²) in [6, 6.07) is 6.62. The average Bonchev–Trinajstić information content (AvgIpc) is 3.31. The van der Waals surface area contributed by atoms with Crippen molar-refractivity contribution < 1.29 is 32.6 Å². The SMILES string of the molecule is O=C([O-])COc1ccc(-c2c(Cl)c(CN3C(=O)CCC3=O)nc3sc4c(c23)CCS(=O)(=O)C4)cc1. The fraction of sp³-hybridized carbons (Fsp3) is 0.304. The second-order valence-corrected chi connectivity index (χ2v) is 12.0. The minimum absolute atomic E-state index is 0.0252. The summed E-state index contributed by atoms with van der Waals surface area (Å²) in [6.45, 7) is -0.665.